The molecule has 23 heavy (non-hydrogen) atoms. The average molecular weight is 383 g/mol. The van der Waals surface area contributed by atoms with Crippen LogP contribution in [0.3, 0.4) is 0 Å². The summed E-state index contributed by atoms with van der Waals surface area (Å²) in [6, 6.07) is 0. The lowest BCUT2D eigenvalue weighted by Gasteiger charge is -2.21. The molecule has 0 bridgehead atoms. The van der Waals surface area contributed by atoms with Gasteiger partial charge in [0.15, 0.2) is 11.0 Å². The van der Waals surface area contributed by atoms with E-state index >= 15 is 0 Å². The molecular weight excluding hydrogens is 372 g/mol. The maximum absolute atomic E-state index is 14.1. The Hall–Kier alpha value is -1.44. The molecule has 0 spiro atoms. The van der Waals surface area contributed by atoms with E-state index in [2.05, 4.69) is 19.7 Å². The van der Waals surface area contributed by atoms with E-state index in [1.54, 1.807) is 13.8 Å². The van der Waals surface area contributed by atoms with Gasteiger partial charge >= 0.3 is 5.97 Å². The second kappa shape index (κ2) is 6.59. The number of carbonyl (C=O) groups excluding carboxylic acids is 1. The predicted octanol–water partition coefficient (Wildman–Crippen LogP) is 3.70. The van der Waals surface area contributed by atoms with Crippen molar-refractivity contribution >= 4 is 51.7 Å². The van der Waals surface area contributed by atoms with Crippen LogP contribution in [-0.4, -0.2) is 34.6 Å². The summed E-state index contributed by atoms with van der Waals surface area (Å²) in [6.07, 6.45) is 0. The molecule has 0 radical (unpaired) electrons. The molecule has 6 nitrogen and oxygen atoms in total. The fraction of sp³-hybridized carbons (Fsp3) is 0.385. The Morgan fingerprint density at radius 1 is 1.17 bits per heavy atom. The zero-order valence-corrected chi connectivity index (χ0v) is 14.6. The third-order valence-corrected chi connectivity index (χ3v) is 3.64. The minimum atomic E-state index is -0.969. The minimum Gasteiger partial charge on any atom is -0.476 e. The first-order valence-electron chi connectivity index (χ1n) is 6.26. The van der Waals surface area contributed by atoms with Crippen molar-refractivity contribution in [2.24, 2.45) is 5.41 Å². The van der Waals surface area contributed by atoms with Crippen molar-refractivity contribution in [2.45, 2.75) is 13.8 Å². The number of ether oxygens (including phenoxy) is 2. The normalized spacial score (nSPS) is 11.6. The SMILES string of the molecule is COC(=O)C(C)(C)COc1nc(Cl)c(F)c2nc(Cl)nc(Cl)c12. The number of hydrogen-bond donors (Lipinski definition) is 0. The number of methoxy groups -OCH3 is 1. The third-order valence-electron chi connectivity index (χ3n) is 2.95. The Kier molecular flexibility index (Phi) is 5.13. The maximum Gasteiger partial charge on any atom is 0.314 e. The number of pyridine rings is 1. The number of halogens is 4. The molecule has 0 aliphatic rings. The van der Waals surface area contributed by atoms with E-state index in [1.165, 1.54) is 7.11 Å². The number of hydrogen-bond acceptors (Lipinski definition) is 6. The molecular formula is C13H11Cl3FN3O3. The number of rotatable bonds is 4. The van der Waals surface area contributed by atoms with Gasteiger partial charge in [0, 0.05) is 0 Å². The van der Waals surface area contributed by atoms with Gasteiger partial charge in [-0.15, -0.1) is 0 Å². The van der Waals surface area contributed by atoms with E-state index in [9.17, 15) is 9.18 Å². The first-order valence-corrected chi connectivity index (χ1v) is 7.39. The molecule has 0 aliphatic heterocycles. The van der Waals surface area contributed by atoms with Crippen molar-refractivity contribution in [3.8, 4) is 5.88 Å². The van der Waals surface area contributed by atoms with Crippen molar-refractivity contribution in [3.05, 3.63) is 21.4 Å². The highest BCUT2D eigenvalue weighted by Crippen LogP contribution is 2.34. The molecule has 0 unspecified atom stereocenters. The summed E-state index contributed by atoms with van der Waals surface area (Å²) < 4.78 is 24.2. The molecule has 2 aromatic heterocycles. The molecule has 2 aromatic rings. The second-order valence-corrected chi connectivity index (χ2v) is 6.25. The molecule has 0 saturated heterocycles. The van der Waals surface area contributed by atoms with E-state index in [-0.39, 0.29) is 33.8 Å². The number of aromatic nitrogens is 3. The van der Waals surface area contributed by atoms with Crippen LogP contribution in [0.15, 0.2) is 0 Å². The summed E-state index contributed by atoms with van der Waals surface area (Å²) in [5.74, 6) is -1.49. The molecule has 0 aromatic carbocycles. The zero-order valence-electron chi connectivity index (χ0n) is 12.3. The van der Waals surface area contributed by atoms with Crippen LogP contribution in [0.25, 0.3) is 10.9 Å². The fourth-order valence-electron chi connectivity index (χ4n) is 1.74. The van der Waals surface area contributed by atoms with Crippen molar-refractivity contribution in [2.75, 3.05) is 13.7 Å². The molecule has 0 N–H and O–H groups in total. The Morgan fingerprint density at radius 2 is 1.83 bits per heavy atom. The largest absolute Gasteiger partial charge is 0.476 e. The highest BCUT2D eigenvalue weighted by molar-refractivity contribution is 6.36. The Morgan fingerprint density at radius 3 is 2.43 bits per heavy atom. The van der Waals surface area contributed by atoms with Crippen LogP contribution in [0.2, 0.25) is 15.6 Å². The zero-order chi connectivity index (χ0) is 17.4. The first kappa shape index (κ1) is 17.9. The standard InChI is InChI=1S/C13H11Cl3FN3O3/c1-13(2,11(21)22-3)4-23-10-5-7(6(17)9(15)19-10)18-12(16)20-8(5)14/h4H2,1-3H3. The maximum atomic E-state index is 14.1. The molecule has 0 saturated carbocycles. The third kappa shape index (κ3) is 3.57. The fourth-order valence-corrected chi connectivity index (χ4v) is 2.37. The van der Waals surface area contributed by atoms with Gasteiger partial charge in [-0.25, -0.2) is 14.4 Å². The summed E-state index contributed by atoms with van der Waals surface area (Å²) in [7, 11) is 1.26. The number of carbonyl (C=O) groups is 1. The topological polar surface area (TPSA) is 74.2 Å². The lowest BCUT2D eigenvalue weighted by Crippen LogP contribution is -2.32. The molecule has 2 rings (SSSR count). The highest BCUT2D eigenvalue weighted by atomic mass is 35.5. The van der Waals surface area contributed by atoms with Crippen molar-refractivity contribution in [3.63, 3.8) is 0 Å². The molecule has 0 atom stereocenters. The van der Waals surface area contributed by atoms with Gasteiger partial charge in [0.1, 0.15) is 22.7 Å². The molecule has 2 heterocycles. The lowest BCUT2D eigenvalue weighted by molar-refractivity contribution is -0.152. The van der Waals surface area contributed by atoms with Gasteiger partial charge in [-0.05, 0) is 25.4 Å². The van der Waals surface area contributed by atoms with E-state index in [4.69, 9.17) is 39.5 Å². The van der Waals surface area contributed by atoms with Crippen molar-refractivity contribution < 1.29 is 18.7 Å². The lowest BCUT2D eigenvalue weighted by atomic mass is 9.95. The molecule has 0 aliphatic carbocycles. The Balaban J connectivity index is 2.50. The molecule has 124 valence electrons. The van der Waals surface area contributed by atoms with Gasteiger partial charge in [0.05, 0.1) is 12.5 Å². The van der Waals surface area contributed by atoms with E-state index < -0.39 is 22.4 Å². The molecule has 0 amide bonds. The quantitative estimate of drug-likeness (QED) is 0.347. The Bertz CT molecular complexity index is 786. The van der Waals surface area contributed by atoms with Crippen LogP contribution >= 0.6 is 34.8 Å². The van der Waals surface area contributed by atoms with Crippen LogP contribution in [0, 0.1) is 11.2 Å². The molecule has 10 heteroatoms. The van der Waals surface area contributed by atoms with E-state index in [0.717, 1.165) is 0 Å². The van der Waals surface area contributed by atoms with Crippen molar-refractivity contribution in [1.29, 1.82) is 0 Å². The average Bonchev–Trinajstić information content (AvgIpc) is 2.48. The summed E-state index contributed by atoms with van der Waals surface area (Å²) in [5.41, 5.74) is -1.19. The number of nitrogens with zero attached hydrogens (tertiary/aromatic N) is 3. The highest BCUT2D eigenvalue weighted by Gasteiger charge is 2.31. The monoisotopic (exact) mass is 381 g/mol. The van der Waals surface area contributed by atoms with Gasteiger partial charge in [-0.2, -0.15) is 4.98 Å². The van der Waals surface area contributed by atoms with Crippen LogP contribution in [0.4, 0.5) is 4.39 Å². The number of fused-ring (bicyclic) bond motifs is 1. The van der Waals surface area contributed by atoms with Crippen LogP contribution in [0.1, 0.15) is 13.8 Å². The van der Waals surface area contributed by atoms with Crippen LogP contribution < -0.4 is 4.74 Å². The van der Waals surface area contributed by atoms with Gasteiger partial charge in [0.25, 0.3) is 0 Å². The van der Waals surface area contributed by atoms with Crippen molar-refractivity contribution in [1.82, 2.24) is 15.0 Å². The van der Waals surface area contributed by atoms with Gasteiger partial charge in [0.2, 0.25) is 11.2 Å². The van der Waals surface area contributed by atoms with Crippen LogP contribution in [-0.2, 0) is 9.53 Å². The van der Waals surface area contributed by atoms with Crippen LogP contribution in [0.5, 0.6) is 5.88 Å². The first-order chi connectivity index (χ1) is 10.7. The summed E-state index contributed by atoms with van der Waals surface area (Å²) >= 11 is 17.4. The number of esters is 1. The second-order valence-electron chi connectivity index (χ2n) is 5.19. The summed E-state index contributed by atoms with van der Waals surface area (Å²) in [5, 5.41) is -0.841. The predicted molar refractivity (Wildman–Crippen MR) is 83.6 cm³/mol. The summed E-state index contributed by atoms with van der Waals surface area (Å²) in [6.45, 7) is 3.12. The summed E-state index contributed by atoms with van der Waals surface area (Å²) in [4.78, 5) is 22.9. The minimum absolute atomic E-state index is 0.0126. The van der Waals surface area contributed by atoms with Gasteiger partial charge in [-0.1, -0.05) is 23.2 Å². The van der Waals surface area contributed by atoms with Gasteiger partial charge in [-0.3, -0.25) is 4.79 Å². The van der Waals surface area contributed by atoms with E-state index in [1.807, 2.05) is 0 Å². The Labute approximate surface area is 145 Å². The smallest absolute Gasteiger partial charge is 0.314 e. The molecule has 0 fully saturated rings. The van der Waals surface area contributed by atoms with Gasteiger partial charge < -0.3 is 9.47 Å². The van der Waals surface area contributed by atoms with E-state index in [0.29, 0.717) is 0 Å².